The summed E-state index contributed by atoms with van der Waals surface area (Å²) in [6, 6.07) is 17.1. The number of carbonyl (C=O) groups excluding carboxylic acids is 1. The summed E-state index contributed by atoms with van der Waals surface area (Å²) < 4.78 is 19.3. The van der Waals surface area contributed by atoms with Crippen LogP contribution in [0.1, 0.15) is 34.9 Å². The van der Waals surface area contributed by atoms with E-state index in [0.29, 0.717) is 29.5 Å². The third kappa shape index (κ3) is 4.17. The van der Waals surface area contributed by atoms with E-state index in [4.69, 9.17) is 4.52 Å². The molecule has 2 amide bonds. The van der Waals surface area contributed by atoms with Crippen molar-refractivity contribution >= 4 is 22.9 Å². The normalized spacial score (nSPS) is 16.3. The largest absolute Gasteiger partial charge is 0.334 e. The second-order valence-corrected chi connectivity index (χ2v) is 8.92. The van der Waals surface area contributed by atoms with E-state index < -0.39 is 6.04 Å². The molecule has 0 radical (unpaired) electrons. The first-order chi connectivity index (χ1) is 16.0. The van der Waals surface area contributed by atoms with Gasteiger partial charge in [-0.25, -0.2) is 9.18 Å². The van der Waals surface area contributed by atoms with Crippen LogP contribution < -0.4 is 5.32 Å². The molecule has 166 valence electrons. The lowest BCUT2D eigenvalue weighted by Crippen LogP contribution is -2.45. The molecule has 1 atom stereocenters. The number of carbonyl (C=O) groups is 1. The van der Waals surface area contributed by atoms with Crippen molar-refractivity contribution in [2.75, 3.05) is 0 Å². The van der Waals surface area contributed by atoms with E-state index in [1.54, 1.807) is 28.4 Å². The van der Waals surface area contributed by atoms with Crippen LogP contribution in [0, 0.1) is 12.7 Å². The monoisotopic (exact) mass is 460 g/mol. The van der Waals surface area contributed by atoms with Gasteiger partial charge in [0.15, 0.2) is 0 Å². The smallest absolute Gasteiger partial charge is 0.322 e. The Balaban J connectivity index is 1.59. The maximum atomic E-state index is 13.6. The Kier molecular flexibility index (Phi) is 5.51. The first-order valence-electron chi connectivity index (χ1n) is 10.5. The van der Waals surface area contributed by atoms with E-state index in [1.807, 2.05) is 55.6 Å². The summed E-state index contributed by atoms with van der Waals surface area (Å²) in [5.74, 6) is 0.431. The van der Waals surface area contributed by atoms with Crippen molar-refractivity contribution in [2.45, 2.75) is 26.4 Å². The van der Waals surface area contributed by atoms with Crippen LogP contribution >= 0.6 is 11.3 Å². The Morgan fingerprint density at radius 2 is 1.85 bits per heavy atom. The number of amides is 2. The number of rotatable bonds is 5. The number of halogens is 1. The molecule has 8 heteroatoms. The number of nitrogens with zero attached hydrogens (tertiary/aromatic N) is 3. The van der Waals surface area contributed by atoms with Gasteiger partial charge in [0, 0.05) is 16.1 Å². The number of nitrogens with one attached hydrogen (secondary N) is 1. The summed E-state index contributed by atoms with van der Waals surface area (Å²) in [7, 11) is 0. The van der Waals surface area contributed by atoms with Crippen molar-refractivity contribution in [2.24, 2.45) is 0 Å². The molecule has 6 nitrogen and oxygen atoms in total. The molecule has 5 rings (SSSR count). The maximum absolute atomic E-state index is 13.6. The predicted molar refractivity (Wildman–Crippen MR) is 125 cm³/mol. The number of urea groups is 1. The molecule has 2 aromatic carbocycles. The molecule has 1 aliphatic rings. The minimum absolute atomic E-state index is 0.239. The zero-order valence-electron chi connectivity index (χ0n) is 18.1. The summed E-state index contributed by atoms with van der Waals surface area (Å²) in [6.45, 7) is 4.31. The van der Waals surface area contributed by atoms with Crippen LogP contribution in [-0.4, -0.2) is 21.1 Å². The molecule has 33 heavy (non-hydrogen) atoms. The lowest BCUT2D eigenvalue weighted by atomic mass is 9.94. The first kappa shape index (κ1) is 21.1. The number of allylic oxidation sites excluding steroid dienone is 1. The first-order valence-corrected chi connectivity index (χ1v) is 11.4. The van der Waals surface area contributed by atoms with Crippen molar-refractivity contribution in [3.8, 4) is 11.4 Å². The fourth-order valence-corrected chi connectivity index (χ4v) is 4.56. The minimum atomic E-state index is -0.552. The predicted octanol–water partition coefficient (Wildman–Crippen LogP) is 5.94. The van der Waals surface area contributed by atoms with E-state index in [2.05, 4.69) is 15.5 Å². The van der Waals surface area contributed by atoms with Crippen molar-refractivity contribution in [1.29, 1.82) is 0 Å². The van der Waals surface area contributed by atoms with Gasteiger partial charge in [0.25, 0.3) is 5.89 Å². The molecular formula is C25H21FN4O2S. The van der Waals surface area contributed by atoms with Crippen LogP contribution in [0.3, 0.4) is 0 Å². The molecule has 0 saturated carbocycles. The van der Waals surface area contributed by atoms with Gasteiger partial charge in [-0.15, -0.1) is 11.3 Å². The van der Waals surface area contributed by atoms with Crippen molar-refractivity contribution < 1.29 is 13.7 Å². The number of benzene rings is 2. The van der Waals surface area contributed by atoms with Crippen molar-refractivity contribution in [1.82, 2.24) is 20.4 Å². The van der Waals surface area contributed by atoms with Crippen molar-refractivity contribution in [3.05, 3.63) is 99.5 Å². The number of aryl methyl sites for hydroxylation is 1. The zero-order valence-corrected chi connectivity index (χ0v) is 18.9. The SMILES string of the molecule is CC1=C(c2nc(-c3ccc(C)cc3)no2)C(c2ccc(F)cc2)NC(=O)N1Cc1cccs1. The van der Waals surface area contributed by atoms with Gasteiger partial charge >= 0.3 is 6.03 Å². The molecule has 1 aliphatic heterocycles. The highest BCUT2D eigenvalue weighted by atomic mass is 32.1. The highest BCUT2D eigenvalue weighted by molar-refractivity contribution is 7.09. The van der Waals surface area contributed by atoms with Crippen LogP contribution in [0.2, 0.25) is 0 Å². The van der Waals surface area contributed by atoms with Gasteiger partial charge in [-0.2, -0.15) is 4.98 Å². The lowest BCUT2D eigenvalue weighted by Gasteiger charge is -2.35. The maximum Gasteiger partial charge on any atom is 0.322 e. The standard InChI is InChI=1S/C25H21FN4O2S/c1-15-5-7-18(8-6-15)23-28-24(32-29-23)21-16(2)30(14-20-4-3-13-33-20)25(31)27-22(21)17-9-11-19(26)12-10-17/h3-13,22H,14H2,1-2H3,(H,27,31). The van der Waals surface area contributed by atoms with Crippen LogP contribution in [0.25, 0.3) is 17.0 Å². The van der Waals surface area contributed by atoms with Crippen LogP contribution in [-0.2, 0) is 6.54 Å². The minimum Gasteiger partial charge on any atom is -0.334 e. The van der Waals surface area contributed by atoms with Gasteiger partial charge < -0.3 is 9.84 Å². The lowest BCUT2D eigenvalue weighted by molar-refractivity contribution is 0.203. The third-order valence-electron chi connectivity index (χ3n) is 5.66. The van der Waals surface area contributed by atoms with Crippen molar-refractivity contribution in [3.63, 3.8) is 0 Å². The van der Waals surface area contributed by atoms with Crippen LogP contribution in [0.5, 0.6) is 0 Å². The second kappa shape index (κ2) is 8.63. The molecule has 1 N–H and O–H groups in total. The molecule has 4 aromatic rings. The molecule has 3 heterocycles. The number of thiophene rings is 1. The molecule has 1 unspecified atom stereocenters. The average molecular weight is 461 g/mol. The molecular weight excluding hydrogens is 439 g/mol. The highest BCUT2D eigenvalue weighted by Crippen LogP contribution is 2.38. The van der Waals surface area contributed by atoms with Gasteiger partial charge in [0.05, 0.1) is 18.2 Å². The average Bonchev–Trinajstić information content (AvgIpc) is 3.50. The second-order valence-electron chi connectivity index (χ2n) is 7.89. The van der Waals surface area contributed by atoms with Crippen LogP contribution in [0.4, 0.5) is 9.18 Å². The molecule has 2 aromatic heterocycles. The van der Waals surface area contributed by atoms with Gasteiger partial charge in [-0.05, 0) is 43.0 Å². The Morgan fingerprint density at radius 1 is 1.09 bits per heavy atom. The van der Waals surface area contributed by atoms with E-state index in [-0.39, 0.29) is 11.8 Å². The highest BCUT2D eigenvalue weighted by Gasteiger charge is 2.36. The number of hydrogen-bond acceptors (Lipinski definition) is 5. The van der Waals surface area contributed by atoms with E-state index in [1.165, 1.54) is 12.1 Å². The fourth-order valence-electron chi connectivity index (χ4n) is 3.87. The molecule has 0 aliphatic carbocycles. The van der Waals surface area contributed by atoms with Gasteiger partial charge in [-0.3, -0.25) is 4.90 Å². The summed E-state index contributed by atoms with van der Waals surface area (Å²) in [5.41, 5.74) is 4.09. The zero-order chi connectivity index (χ0) is 22.9. The van der Waals surface area contributed by atoms with Gasteiger partial charge in [-0.1, -0.05) is 53.2 Å². The molecule has 0 saturated heterocycles. The Labute approximate surface area is 194 Å². The molecule has 0 bridgehead atoms. The molecule has 0 spiro atoms. The van der Waals surface area contributed by atoms with E-state index >= 15 is 0 Å². The Bertz CT molecular complexity index is 1310. The van der Waals surface area contributed by atoms with Gasteiger partial charge in [0.2, 0.25) is 5.82 Å². The summed E-state index contributed by atoms with van der Waals surface area (Å²) in [5, 5.41) is 9.19. The van der Waals surface area contributed by atoms with Gasteiger partial charge in [0.1, 0.15) is 5.82 Å². The Morgan fingerprint density at radius 3 is 2.55 bits per heavy atom. The molecule has 0 fully saturated rings. The quantitative estimate of drug-likeness (QED) is 0.400. The number of aromatic nitrogens is 2. The third-order valence-corrected chi connectivity index (χ3v) is 6.52. The fraction of sp³-hybridized carbons (Fsp3) is 0.160. The number of hydrogen-bond donors (Lipinski definition) is 1. The summed E-state index contributed by atoms with van der Waals surface area (Å²) in [4.78, 5) is 20.4. The summed E-state index contributed by atoms with van der Waals surface area (Å²) >= 11 is 1.58. The van der Waals surface area contributed by atoms with E-state index in [0.717, 1.165) is 21.6 Å². The topological polar surface area (TPSA) is 71.3 Å². The Hall–Kier alpha value is -3.78. The van der Waals surface area contributed by atoms with E-state index in [9.17, 15) is 9.18 Å². The van der Waals surface area contributed by atoms with Crippen LogP contribution in [0.15, 0.2) is 76.3 Å². The summed E-state index contributed by atoms with van der Waals surface area (Å²) in [6.07, 6.45) is 0.